The standard InChI is InChI=1S/C20H21Cl2NO/c21-16-7-3-5-14(11-16)19-20(15-6-4-8-17(22)12-15)24-13-18-9-1-2-10-23(18)19/h3-8,11-12,18-20H,1-2,9-10,13H2. The second kappa shape index (κ2) is 7.05. The summed E-state index contributed by atoms with van der Waals surface area (Å²) < 4.78 is 6.35. The number of halogens is 2. The fourth-order valence-electron chi connectivity index (χ4n) is 4.07. The van der Waals surface area contributed by atoms with Crippen molar-refractivity contribution < 1.29 is 4.74 Å². The molecule has 2 aliphatic heterocycles. The lowest BCUT2D eigenvalue weighted by atomic mass is 9.88. The lowest BCUT2D eigenvalue weighted by Crippen LogP contribution is -2.50. The molecule has 0 saturated carbocycles. The topological polar surface area (TPSA) is 12.5 Å². The molecule has 2 aromatic rings. The summed E-state index contributed by atoms with van der Waals surface area (Å²) in [7, 11) is 0. The fourth-order valence-corrected chi connectivity index (χ4v) is 4.46. The maximum absolute atomic E-state index is 6.35. The maximum atomic E-state index is 6.35. The van der Waals surface area contributed by atoms with Crippen LogP contribution < -0.4 is 0 Å². The van der Waals surface area contributed by atoms with E-state index in [0.717, 1.165) is 28.8 Å². The van der Waals surface area contributed by atoms with Gasteiger partial charge < -0.3 is 4.74 Å². The smallest absolute Gasteiger partial charge is 0.102 e. The normalized spacial score (nSPS) is 27.7. The van der Waals surface area contributed by atoms with E-state index >= 15 is 0 Å². The zero-order chi connectivity index (χ0) is 16.5. The second-order valence-corrected chi connectivity index (χ2v) is 7.57. The van der Waals surface area contributed by atoms with E-state index in [1.165, 1.54) is 24.8 Å². The van der Waals surface area contributed by atoms with Crippen LogP contribution in [0.4, 0.5) is 0 Å². The average molecular weight is 362 g/mol. The van der Waals surface area contributed by atoms with Crippen molar-refractivity contribution in [2.45, 2.75) is 37.5 Å². The summed E-state index contributed by atoms with van der Waals surface area (Å²) in [5, 5.41) is 1.53. The Labute approximate surface area is 153 Å². The highest BCUT2D eigenvalue weighted by Gasteiger charge is 2.40. The van der Waals surface area contributed by atoms with Crippen molar-refractivity contribution in [2.24, 2.45) is 0 Å². The third kappa shape index (κ3) is 3.21. The van der Waals surface area contributed by atoms with E-state index in [9.17, 15) is 0 Å². The van der Waals surface area contributed by atoms with Crippen LogP contribution in [0.2, 0.25) is 10.0 Å². The quantitative estimate of drug-likeness (QED) is 0.683. The van der Waals surface area contributed by atoms with Crippen LogP contribution in [0, 0.1) is 0 Å². The molecule has 0 aliphatic carbocycles. The predicted octanol–water partition coefficient (Wildman–Crippen LogP) is 5.66. The largest absolute Gasteiger partial charge is 0.370 e. The molecule has 2 saturated heterocycles. The molecule has 0 radical (unpaired) electrons. The van der Waals surface area contributed by atoms with Gasteiger partial charge in [-0.3, -0.25) is 4.90 Å². The highest BCUT2D eigenvalue weighted by molar-refractivity contribution is 6.30. The van der Waals surface area contributed by atoms with E-state index in [-0.39, 0.29) is 12.1 Å². The van der Waals surface area contributed by atoms with Gasteiger partial charge in [-0.1, -0.05) is 53.9 Å². The van der Waals surface area contributed by atoms with Crippen LogP contribution in [0.25, 0.3) is 0 Å². The molecule has 0 amide bonds. The SMILES string of the molecule is Clc1cccc(C2OCC3CCCCN3C2c2cccc(Cl)c2)c1. The van der Waals surface area contributed by atoms with Crippen molar-refractivity contribution in [3.05, 3.63) is 69.7 Å². The van der Waals surface area contributed by atoms with E-state index in [1.807, 2.05) is 30.3 Å². The summed E-state index contributed by atoms with van der Waals surface area (Å²) in [6.45, 7) is 1.90. The Bertz CT molecular complexity index is 720. The van der Waals surface area contributed by atoms with Gasteiger partial charge in [-0.25, -0.2) is 0 Å². The van der Waals surface area contributed by atoms with E-state index < -0.39 is 0 Å². The number of hydrogen-bond donors (Lipinski definition) is 0. The van der Waals surface area contributed by atoms with E-state index in [2.05, 4.69) is 23.1 Å². The molecule has 0 spiro atoms. The first kappa shape index (κ1) is 16.4. The number of ether oxygens (including phenoxy) is 1. The van der Waals surface area contributed by atoms with Gasteiger partial charge in [-0.2, -0.15) is 0 Å². The zero-order valence-electron chi connectivity index (χ0n) is 13.5. The van der Waals surface area contributed by atoms with Crippen LogP contribution >= 0.6 is 23.2 Å². The lowest BCUT2D eigenvalue weighted by Gasteiger charge is -2.49. The van der Waals surface area contributed by atoms with Gasteiger partial charge >= 0.3 is 0 Å². The highest BCUT2D eigenvalue weighted by atomic mass is 35.5. The van der Waals surface area contributed by atoms with E-state index in [0.29, 0.717) is 6.04 Å². The molecule has 0 N–H and O–H groups in total. The van der Waals surface area contributed by atoms with Crippen molar-refractivity contribution in [3.63, 3.8) is 0 Å². The first-order valence-corrected chi connectivity index (χ1v) is 9.36. The van der Waals surface area contributed by atoms with E-state index in [1.54, 1.807) is 0 Å². The Kier molecular flexibility index (Phi) is 4.82. The molecule has 2 fully saturated rings. The van der Waals surface area contributed by atoms with Crippen molar-refractivity contribution in [1.82, 2.24) is 4.90 Å². The fraction of sp³-hybridized carbons (Fsp3) is 0.400. The van der Waals surface area contributed by atoms with Gasteiger partial charge in [0.15, 0.2) is 0 Å². The van der Waals surface area contributed by atoms with Crippen LogP contribution in [0.5, 0.6) is 0 Å². The number of hydrogen-bond acceptors (Lipinski definition) is 2. The minimum absolute atomic E-state index is 0.0171. The Morgan fingerprint density at radius 2 is 1.62 bits per heavy atom. The van der Waals surface area contributed by atoms with Crippen LogP contribution in [0.1, 0.15) is 42.5 Å². The molecule has 3 unspecified atom stereocenters. The summed E-state index contributed by atoms with van der Waals surface area (Å²) in [6, 6.07) is 16.9. The molecular formula is C20H21Cl2NO. The minimum Gasteiger partial charge on any atom is -0.370 e. The molecule has 126 valence electrons. The average Bonchev–Trinajstić information content (AvgIpc) is 2.60. The molecule has 4 rings (SSSR count). The molecular weight excluding hydrogens is 341 g/mol. The van der Waals surface area contributed by atoms with E-state index in [4.69, 9.17) is 27.9 Å². The molecule has 3 atom stereocenters. The van der Waals surface area contributed by atoms with Gasteiger partial charge in [-0.05, 0) is 54.8 Å². The summed E-state index contributed by atoms with van der Waals surface area (Å²) in [5.41, 5.74) is 2.36. The molecule has 4 heteroatoms. The summed E-state index contributed by atoms with van der Waals surface area (Å²) in [6.07, 6.45) is 3.72. The Morgan fingerprint density at radius 1 is 0.917 bits per heavy atom. The molecule has 24 heavy (non-hydrogen) atoms. The molecule has 0 aromatic heterocycles. The van der Waals surface area contributed by atoms with Crippen molar-refractivity contribution in [2.75, 3.05) is 13.2 Å². The molecule has 2 aliphatic rings. The van der Waals surface area contributed by atoms with Crippen LogP contribution in [-0.2, 0) is 4.74 Å². The number of fused-ring (bicyclic) bond motifs is 1. The summed E-state index contributed by atoms with van der Waals surface area (Å²) in [5.74, 6) is 0. The molecule has 2 aromatic carbocycles. The van der Waals surface area contributed by atoms with Gasteiger partial charge in [0.25, 0.3) is 0 Å². The van der Waals surface area contributed by atoms with Crippen molar-refractivity contribution in [1.29, 1.82) is 0 Å². The first-order chi connectivity index (χ1) is 11.7. The Morgan fingerprint density at radius 3 is 2.38 bits per heavy atom. The molecule has 0 bridgehead atoms. The predicted molar refractivity (Wildman–Crippen MR) is 98.7 cm³/mol. The van der Waals surface area contributed by atoms with Crippen LogP contribution in [-0.4, -0.2) is 24.1 Å². The maximum Gasteiger partial charge on any atom is 0.102 e. The van der Waals surface area contributed by atoms with Gasteiger partial charge in [0.1, 0.15) is 6.10 Å². The van der Waals surface area contributed by atoms with Gasteiger partial charge in [0.05, 0.1) is 12.6 Å². The second-order valence-electron chi connectivity index (χ2n) is 6.70. The van der Waals surface area contributed by atoms with Gasteiger partial charge in [0.2, 0.25) is 0 Å². The third-order valence-electron chi connectivity index (χ3n) is 5.15. The van der Waals surface area contributed by atoms with Crippen LogP contribution in [0.3, 0.4) is 0 Å². The Hall–Kier alpha value is -1.06. The monoisotopic (exact) mass is 361 g/mol. The Balaban J connectivity index is 1.76. The van der Waals surface area contributed by atoms with Crippen molar-refractivity contribution in [3.8, 4) is 0 Å². The summed E-state index contributed by atoms with van der Waals surface area (Å²) in [4.78, 5) is 2.62. The number of morpholine rings is 1. The number of piperidine rings is 1. The summed E-state index contributed by atoms with van der Waals surface area (Å²) >= 11 is 12.5. The molecule has 2 nitrogen and oxygen atoms in total. The number of benzene rings is 2. The highest BCUT2D eigenvalue weighted by Crippen LogP contribution is 2.44. The molecule has 2 heterocycles. The number of nitrogens with zero attached hydrogens (tertiary/aromatic N) is 1. The minimum atomic E-state index is -0.0171. The van der Waals surface area contributed by atoms with Crippen LogP contribution in [0.15, 0.2) is 48.5 Å². The van der Waals surface area contributed by atoms with Crippen molar-refractivity contribution >= 4 is 23.2 Å². The van der Waals surface area contributed by atoms with Gasteiger partial charge in [0, 0.05) is 16.1 Å². The van der Waals surface area contributed by atoms with Gasteiger partial charge in [-0.15, -0.1) is 0 Å². The third-order valence-corrected chi connectivity index (χ3v) is 5.62. The first-order valence-electron chi connectivity index (χ1n) is 8.60. The lowest BCUT2D eigenvalue weighted by molar-refractivity contribution is -0.119. The zero-order valence-corrected chi connectivity index (χ0v) is 15.0. The number of rotatable bonds is 2.